The van der Waals surface area contributed by atoms with Crippen molar-refractivity contribution >= 4 is 41.1 Å². The van der Waals surface area contributed by atoms with Crippen LogP contribution >= 0.6 is 11.8 Å². The standard InChI is InChI=1S/C33H40N4O8S/c1-20(2)31(32(43)35-26(17-30(41)42)27(39)19-46-18-23-10-6-5-7-11-23)36-29(40)16-25-15-24(33-34-22(4)37-45-33)12-13-28(25)44-14-8-9-21(3)38/h5-7,10-13,15,20,26,31H,8-9,14,16-19H2,1-4H3,(H,35,43)(H,36,40)(H,41,42)/t26-,31-/m0/s1. The fourth-order valence-corrected chi connectivity index (χ4v) is 5.40. The van der Waals surface area contributed by atoms with Gasteiger partial charge in [-0.15, -0.1) is 11.8 Å². The second kappa shape index (κ2) is 17.8. The van der Waals surface area contributed by atoms with Gasteiger partial charge in [0.05, 0.1) is 31.2 Å². The fourth-order valence-electron chi connectivity index (χ4n) is 4.47. The van der Waals surface area contributed by atoms with E-state index in [0.717, 1.165) is 5.56 Å². The SMILES string of the molecule is CC(=O)CCCOc1ccc(-c2nc(C)no2)cc1CC(=O)N[C@H](C(=O)N[C@@H](CC(=O)O)C(=O)CSCc1ccccc1)C(C)C. The number of carboxylic acid groups (broad SMARTS) is 1. The molecule has 3 N–H and O–H groups in total. The molecule has 2 aromatic carbocycles. The van der Waals surface area contributed by atoms with Crippen molar-refractivity contribution in [1.82, 2.24) is 20.8 Å². The molecule has 12 nitrogen and oxygen atoms in total. The first kappa shape index (κ1) is 36.0. The molecule has 0 fully saturated rings. The Morgan fingerprint density at radius 2 is 1.78 bits per heavy atom. The van der Waals surface area contributed by atoms with Crippen LogP contribution in [0.3, 0.4) is 0 Å². The number of Topliss-reactive ketones (excluding diaryl/α,β-unsaturated/α-hetero) is 2. The maximum absolute atomic E-state index is 13.3. The summed E-state index contributed by atoms with van der Waals surface area (Å²) >= 11 is 1.33. The number of benzene rings is 2. The number of aromatic nitrogens is 2. The van der Waals surface area contributed by atoms with Crippen LogP contribution in [0.15, 0.2) is 53.1 Å². The highest BCUT2D eigenvalue weighted by atomic mass is 32.2. The third-order valence-electron chi connectivity index (χ3n) is 6.82. The van der Waals surface area contributed by atoms with Crippen LogP contribution in [0.4, 0.5) is 0 Å². The lowest BCUT2D eigenvalue weighted by Gasteiger charge is -2.25. The Labute approximate surface area is 272 Å². The third-order valence-corrected chi connectivity index (χ3v) is 7.85. The number of nitrogens with zero attached hydrogens (tertiary/aromatic N) is 2. The first-order chi connectivity index (χ1) is 21.9. The van der Waals surface area contributed by atoms with E-state index in [4.69, 9.17) is 9.26 Å². The maximum Gasteiger partial charge on any atom is 0.305 e. The van der Waals surface area contributed by atoms with Gasteiger partial charge in [0, 0.05) is 23.3 Å². The Hall–Kier alpha value is -4.52. The smallest absolute Gasteiger partial charge is 0.305 e. The number of carboxylic acids is 1. The van der Waals surface area contributed by atoms with Crippen LogP contribution in [0.1, 0.15) is 57.0 Å². The van der Waals surface area contributed by atoms with Gasteiger partial charge in [-0.3, -0.25) is 19.2 Å². The minimum atomic E-state index is -1.25. The van der Waals surface area contributed by atoms with Crippen LogP contribution in [0, 0.1) is 12.8 Å². The number of rotatable bonds is 19. The van der Waals surface area contributed by atoms with E-state index >= 15 is 0 Å². The molecular formula is C33H40N4O8S. The normalized spacial score (nSPS) is 12.3. The van der Waals surface area contributed by atoms with E-state index in [1.54, 1.807) is 39.0 Å². The molecule has 3 rings (SSSR count). The number of nitrogens with one attached hydrogen (secondary N) is 2. The van der Waals surface area contributed by atoms with Crippen LogP contribution in [0.5, 0.6) is 5.75 Å². The molecule has 1 heterocycles. The summed E-state index contributed by atoms with van der Waals surface area (Å²) in [7, 11) is 0. The monoisotopic (exact) mass is 652 g/mol. The molecule has 3 aromatic rings. The molecule has 0 aliphatic heterocycles. The second-order valence-electron chi connectivity index (χ2n) is 11.2. The molecule has 0 bridgehead atoms. The lowest BCUT2D eigenvalue weighted by Crippen LogP contribution is -2.54. The largest absolute Gasteiger partial charge is 0.493 e. The Morgan fingerprint density at radius 1 is 1.04 bits per heavy atom. The molecule has 13 heteroatoms. The van der Waals surface area contributed by atoms with E-state index in [-0.39, 0.29) is 36.4 Å². The summed E-state index contributed by atoms with van der Waals surface area (Å²) in [5.74, 6) is -1.46. The number of aliphatic carboxylic acids is 1. The minimum absolute atomic E-state index is 0.0108. The van der Waals surface area contributed by atoms with Crippen LogP contribution < -0.4 is 15.4 Å². The highest BCUT2D eigenvalue weighted by molar-refractivity contribution is 7.99. The number of hydrogen-bond acceptors (Lipinski definition) is 10. The quantitative estimate of drug-likeness (QED) is 0.160. The number of hydrogen-bond donors (Lipinski definition) is 3. The molecule has 0 aliphatic rings. The number of thioether (sulfide) groups is 1. The van der Waals surface area contributed by atoms with Crippen LogP contribution in [0.25, 0.3) is 11.5 Å². The number of amides is 2. The van der Waals surface area contributed by atoms with Crippen molar-refractivity contribution in [3.63, 3.8) is 0 Å². The average molecular weight is 653 g/mol. The van der Waals surface area contributed by atoms with E-state index in [1.807, 2.05) is 30.3 Å². The predicted octanol–water partition coefficient (Wildman–Crippen LogP) is 3.94. The summed E-state index contributed by atoms with van der Waals surface area (Å²) in [6.45, 7) is 6.91. The highest BCUT2D eigenvalue weighted by Crippen LogP contribution is 2.27. The number of ketones is 2. The number of carbonyl (C=O) groups is 5. The van der Waals surface area contributed by atoms with E-state index < -0.39 is 42.1 Å². The lowest BCUT2D eigenvalue weighted by atomic mass is 10.0. The Balaban J connectivity index is 1.70. The highest BCUT2D eigenvalue weighted by Gasteiger charge is 2.30. The molecule has 246 valence electrons. The molecule has 0 saturated carbocycles. The fraction of sp³-hybridized carbons (Fsp3) is 0.424. The zero-order valence-electron chi connectivity index (χ0n) is 26.4. The summed E-state index contributed by atoms with van der Waals surface area (Å²) in [6.07, 6.45) is 0.105. The van der Waals surface area contributed by atoms with Gasteiger partial charge in [0.2, 0.25) is 11.8 Å². The molecule has 1 aromatic heterocycles. The number of ether oxygens (including phenoxy) is 1. The van der Waals surface area contributed by atoms with Gasteiger partial charge in [-0.1, -0.05) is 49.3 Å². The van der Waals surface area contributed by atoms with Crippen molar-refractivity contribution in [2.45, 2.75) is 71.2 Å². The van der Waals surface area contributed by atoms with E-state index in [9.17, 15) is 29.1 Å². The molecule has 2 amide bonds. The summed E-state index contributed by atoms with van der Waals surface area (Å²) in [5, 5.41) is 18.5. The zero-order chi connectivity index (χ0) is 33.6. The summed E-state index contributed by atoms with van der Waals surface area (Å²) in [4.78, 5) is 66.7. The molecule has 0 aliphatic carbocycles. The first-order valence-corrected chi connectivity index (χ1v) is 16.1. The van der Waals surface area contributed by atoms with Gasteiger partial charge in [-0.25, -0.2) is 0 Å². The van der Waals surface area contributed by atoms with Gasteiger partial charge in [-0.2, -0.15) is 4.98 Å². The Morgan fingerprint density at radius 3 is 2.41 bits per heavy atom. The van der Waals surface area contributed by atoms with Gasteiger partial charge in [0.25, 0.3) is 5.89 Å². The summed E-state index contributed by atoms with van der Waals surface area (Å²) in [5.41, 5.74) is 2.08. The number of aryl methyl sites for hydroxylation is 1. The van der Waals surface area contributed by atoms with Crippen LogP contribution in [-0.4, -0.2) is 69.0 Å². The van der Waals surface area contributed by atoms with Crippen LogP contribution in [0.2, 0.25) is 0 Å². The van der Waals surface area contributed by atoms with E-state index in [2.05, 4.69) is 20.8 Å². The number of carbonyl (C=O) groups excluding carboxylic acids is 4. The van der Waals surface area contributed by atoms with E-state index in [0.29, 0.717) is 41.3 Å². The van der Waals surface area contributed by atoms with Crippen molar-refractivity contribution in [2.24, 2.45) is 5.92 Å². The molecule has 0 saturated heterocycles. The van der Waals surface area contributed by atoms with Crippen LogP contribution in [-0.2, 0) is 36.1 Å². The Bertz CT molecular complexity index is 1510. The summed E-state index contributed by atoms with van der Waals surface area (Å²) < 4.78 is 11.2. The van der Waals surface area contributed by atoms with Gasteiger partial charge in [0.15, 0.2) is 11.6 Å². The molecule has 0 radical (unpaired) electrons. The van der Waals surface area contributed by atoms with Crippen molar-refractivity contribution < 1.29 is 38.3 Å². The van der Waals surface area contributed by atoms with Gasteiger partial charge in [0.1, 0.15) is 17.6 Å². The van der Waals surface area contributed by atoms with Crippen molar-refractivity contribution in [3.8, 4) is 17.2 Å². The lowest BCUT2D eigenvalue weighted by molar-refractivity contribution is -0.140. The maximum atomic E-state index is 13.3. The van der Waals surface area contributed by atoms with E-state index in [1.165, 1.54) is 18.7 Å². The summed E-state index contributed by atoms with van der Waals surface area (Å²) in [6, 6.07) is 12.3. The van der Waals surface area contributed by atoms with Crippen molar-refractivity contribution in [2.75, 3.05) is 12.4 Å². The molecule has 0 spiro atoms. The second-order valence-corrected chi connectivity index (χ2v) is 12.2. The minimum Gasteiger partial charge on any atom is -0.493 e. The third kappa shape index (κ3) is 11.8. The molecule has 2 atom stereocenters. The zero-order valence-corrected chi connectivity index (χ0v) is 27.2. The molecule has 46 heavy (non-hydrogen) atoms. The first-order valence-electron chi connectivity index (χ1n) is 14.9. The van der Waals surface area contributed by atoms with Gasteiger partial charge in [-0.05, 0) is 49.9 Å². The van der Waals surface area contributed by atoms with Crippen molar-refractivity contribution in [3.05, 3.63) is 65.5 Å². The Kier molecular flexibility index (Phi) is 13.9. The predicted molar refractivity (Wildman–Crippen MR) is 172 cm³/mol. The molecule has 0 unspecified atom stereocenters. The molecular weight excluding hydrogens is 612 g/mol. The van der Waals surface area contributed by atoms with Gasteiger partial charge < -0.3 is 29.8 Å². The topological polar surface area (TPSA) is 178 Å². The van der Waals surface area contributed by atoms with Gasteiger partial charge >= 0.3 is 5.97 Å². The van der Waals surface area contributed by atoms with Crippen molar-refractivity contribution in [1.29, 1.82) is 0 Å². The average Bonchev–Trinajstić information content (AvgIpc) is 3.44.